The summed E-state index contributed by atoms with van der Waals surface area (Å²) in [7, 11) is 0. The zero-order valence-electron chi connectivity index (χ0n) is 19.5. The van der Waals surface area contributed by atoms with Crippen LogP contribution >= 0.6 is 0 Å². The summed E-state index contributed by atoms with van der Waals surface area (Å²) in [5, 5.41) is 5.54. The van der Waals surface area contributed by atoms with E-state index in [0.29, 0.717) is 0 Å². The number of hydrogen-bond acceptors (Lipinski definition) is 0. The van der Waals surface area contributed by atoms with E-state index in [9.17, 15) is 0 Å². The summed E-state index contributed by atoms with van der Waals surface area (Å²) in [6, 6.07) is 16.0. The van der Waals surface area contributed by atoms with Crippen molar-refractivity contribution in [2.24, 2.45) is 0 Å². The van der Waals surface area contributed by atoms with Crippen molar-refractivity contribution in [1.29, 1.82) is 0 Å². The fraction of sp³-hybridized carbons (Fsp3) is 0.393. The molecule has 0 saturated heterocycles. The first-order valence-electron chi connectivity index (χ1n) is 11.1. The Balaban J connectivity index is 0.000000572. The first kappa shape index (κ1) is 30.3. The Bertz CT molecular complexity index is 966. The van der Waals surface area contributed by atoms with E-state index in [4.69, 9.17) is 0 Å². The number of halogens is 2. The summed E-state index contributed by atoms with van der Waals surface area (Å²) in [4.78, 5) is 0. The fourth-order valence-corrected chi connectivity index (χ4v) is 4.34. The van der Waals surface area contributed by atoms with Crippen LogP contribution in [0.25, 0.3) is 21.5 Å². The maximum atomic E-state index is 3.45. The molecule has 3 heteroatoms. The molecule has 4 rings (SSSR count). The molecular weight excluding hydrogens is 498 g/mol. The quantitative estimate of drug-likeness (QED) is 0.443. The van der Waals surface area contributed by atoms with Gasteiger partial charge in [-0.15, -0.1) is 46.2 Å². The van der Waals surface area contributed by atoms with Crippen LogP contribution < -0.4 is 24.8 Å². The van der Waals surface area contributed by atoms with Gasteiger partial charge in [0, 0.05) is 0 Å². The second-order valence-electron chi connectivity index (χ2n) is 7.67. The van der Waals surface area contributed by atoms with Crippen molar-refractivity contribution in [3.63, 3.8) is 0 Å². The van der Waals surface area contributed by atoms with Gasteiger partial charge in [-0.05, 0) is 12.8 Å². The van der Waals surface area contributed by atoms with E-state index in [2.05, 4.69) is 83.2 Å². The number of aryl methyl sites for hydroxylation is 2. The minimum atomic E-state index is 0. The Morgan fingerprint density at radius 1 is 0.710 bits per heavy atom. The van der Waals surface area contributed by atoms with E-state index in [-0.39, 0.29) is 51.0 Å². The van der Waals surface area contributed by atoms with Crippen LogP contribution in [0.2, 0.25) is 0 Å². The van der Waals surface area contributed by atoms with Gasteiger partial charge in [0.2, 0.25) is 0 Å². The van der Waals surface area contributed by atoms with Crippen LogP contribution in [0, 0.1) is 6.08 Å². The minimum absolute atomic E-state index is 0. The van der Waals surface area contributed by atoms with Gasteiger partial charge >= 0.3 is 26.2 Å². The molecule has 0 bridgehead atoms. The molecule has 0 saturated carbocycles. The summed E-state index contributed by atoms with van der Waals surface area (Å²) in [5.74, 6) is 0. The molecule has 164 valence electrons. The van der Waals surface area contributed by atoms with Crippen LogP contribution in [0.5, 0.6) is 0 Å². The van der Waals surface area contributed by atoms with E-state index in [1.807, 2.05) is 0 Å². The first-order valence-corrected chi connectivity index (χ1v) is 11.1. The third-order valence-corrected chi connectivity index (χ3v) is 6.09. The molecular formula is C28H34Cl2Zr. The molecule has 0 aromatic heterocycles. The van der Waals surface area contributed by atoms with Crippen molar-refractivity contribution >= 4 is 21.5 Å². The average Bonchev–Trinajstić information content (AvgIpc) is 3.32. The van der Waals surface area contributed by atoms with Crippen LogP contribution in [0.1, 0.15) is 71.4 Å². The summed E-state index contributed by atoms with van der Waals surface area (Å²) >= 11 is 0. The standard InChI is InChI=1S/C17H17.C11H17.2ClH.Zr/c1-3-12-5-7-16-14(9-12)11-15-10-13(4-2)6-8-17(15)16;1-4-9-7-8-10(5-2)11(9)6-3;;;/h5-11H,3-4H2,1-2H3;4-7H2,1-3H3;2*1H;/q2*-1;;;+4/p-2. The molecule has 0 N–H and O–H groups in total. The molecule has 1 aliphatic rings. The predicted octanol–water partition coefficient (Wildman–Crippen LogP) is 2.49. The molecule has 0 fully saturated rings. The number of benzene rings is 2. The summed E-state index contributed by atoms with van der Waals surface area (Å²) in [6.45, 7) is 11.1. The molecule has 0 nitrogen and oxygen atoms in total. The number of rotatable bonds is 5. The number of allylic oxidation sites excluding steroid dienone is 4. The van der Waals surface area contributed by atoms with Gasteiger partial charge < -0.3 is 24.8 Å². The third kappa shape index (κ3) is 6.87. The van der Waals surface area contributed by atoms with Crippen LogP contribution in [0.4, 0.5) is 0 Å². The van der Waals surface area contributed by atoms with Gasteiger partial charge in [-0.25, -0.2) is 5.57 Å². The van der Waals surface area contributed by atoms with Crippen molar-refractivity contribution in [2.45, 2.75) is 73.1 Å². The van der Waals surface area contributed by atoms with Crippen LogP contribution in [0.3, 0.4) is 0 Å². The summed E-state index contributed by atoms with van der Waals surface area (Å²) in [6.07, 6.45) is 10.3. The van der Waals surface area contributed by atoms with Crippen molar-refractivity contribution < 1.29 is 51.0 Å². The smallest absolute Gasteiger partial charge is 1.00 e. The summed E-state index contributed by atoms with van der Waals surface area (Å²) in [5.41, 5.74) is 7.52. The number of hydrogen-bond donors (Lipinski definition) is 0. The Morgan fingerprint density at radius 3 is 1.61 bits per heavy atom. The van der Waals surface area contributed by atoms with E-state index in [0.717, 1.165) is 25.7 Å². The molecule has 0 atom stereocenters. The topological polar surface area (TPSA) is 0 Å². The zero-order valence-corrected chi connectivity index (χ0v) is 23.5. The van der Waals surface area contributed by atoms with Crippen molar-refractivity contribution in [1.82, 2.24) is 0 Å². The molecule has 0 spiro atoms. The molecule has 31 heavy (non-hydrogen) atoms. The maximum Gasteiger partial charge on any atom is 4.00 e. The second kappa shape index (κ2) is 14.4. The van der Waals surface area contributed by atoms with Crippen LogP contribution in [0.15, 0.2) is 59.2 Å². The van der Waals surface area contributed by atoms with Crippen molar-refractivity contribution in [3.05, 3.63) is 76.4 Å². The predicted molar refractivity (Wildman–Crippen MR) is 125 cm³/mol. The number of fused-ring (bicyclic) bond motifs is 3. The molecule has 0 aliphatic heterocycles. The van der Waals surface area contributed by atoms with Gasteiger partial charge in [-0.2, -0.15) is 11.1 Å². The Labute approximate surface area is 220 Å². The van der Waals surface area contributed by atoms with Gasteiger partial charge in [0.25, 0.3) is 0 Å². The van der Waals surface area contributed by atoms with Gasteiger partial charge in [0.05, 0.1) is 0 Å². The SMILES string of the molecule is CCC1=[C-]CC(CC)=C1CC.CCc1ccc2c(c1)[cH-]c1cc(CC)ccc12.[Cl-].[Cl-].[Zr+4]. The first-order chi connectivity index (χ1) is 13.6. The van der Waals surface area contributed by atoms with E-state index in [1.165, 1.54) is 51.1 Å². The molecule has 3 aromatic rings. The van der Waals surface area contributed by atoms with E-state index in [1.54, 1.807) is 11.1 Å². The summed E-state index contributed by atoms with van der Waals surface area (Å²) < 4.78 is 0. The zero-order chi connectivity index (χ0) is 20.1. The van der Waals surface area contributed by atoms with Crippen molar-refractivity contribution in [2.75, 3.05) is 0 Å². The van der Waals surface area contributed by atoms with Gasteiger partial charge in [0.15, 0.2) is 0 Å². The third-order valence-electron chi connectivity index (χ3n) is 6.09. The van der Waals surface area contributed by atoms with Gasteiger partial charge in [-0.3, -0.25) is 6.08 Å². The Hall–Kier alpha value is -0.747. The van der Waals surface area contributed by atoms with E-state index < -0.39 is 0 Å². The van der Waals surface area contributed by atoms with Crippen molar-refractivity contribution in [3.8, 4) is 0 Å². The Kier molecular flexibility index (Phi) is 14.1. The fourth-order valence-electron chi connectivity index (χ4n) is 4.34. The maximum absolute atomic E-state index is 3.45. The molecule has 0 heterocycles. The van der Waals surface area contributed by atoms with Gasteiger partial charge in [-0.1, -0.05) is 89.3 Å². The van der Waals surface area contributed by atoms with E-state index >= 15 is 0 Å². The second-order valence-corrected chi connectivity index (χ2v) is 7.67. The molecule has 3 aromatic carbocycles. The molecule has 0 amide bonds. The van der Waals surface area contributed by atoms with Crippen LogP contribution in [-0.4, -0.2) is 0 Å². The largest absolute Gasteiger partial charge is 4.00 e. The Morgan fingerprint density at radius 2 is 1.23 bits per heavy atom. The average molecular weight is 533 g/mol. The minimum Gasteiger partial charge on any atom is -1.00 e. The van der Waals surface area contributed by atoms with Crippen LogP contribution in [-0.2, 0) is 39.0 Å². The normalized spacial score (nSPS) is 12.5. The molecule has 0 radical (unpaired) electrons. The van der Waals surface area contributed by atoms with Gasteiger partial charge in [0.1, 0.15) is 0 Å². The monoisotopic (exact) mass is 530 g/mol. The molecule has 0 unspecified atom stereocenters. The molecule has 1 aliphatic carbocycles.